The molecular formula is C15H14FN3O2. The Kier molecular flexibility index (Phi) is 4.50. The van der Waals surface area contributed by atoms with Crippen LogP contribution in [0.15, 0.2) is 48.5 Å². The minimum absolute atomic E-state index is 0.167. The number of benzene rings is 2. The van der Waals surface area contributed by atoms with Gasteiger partial charge in [0.05, 0.1) is 0 Å². The number of carbonyl (C=O) groups excluding carboxylic acids is 2. The molecule has 108 valence electrons. The number of halogens is 1. The van der Waals surface area contributed by atoms with Crippen LogP contribution in [-0.4, -0.2) is 11.9 Å². The summed E-state index contributed by atoms with van der Waals surface area (Å²) >= 11 is 0. The molecule has 5 nitrogen and oxygen atoms in total. The predicted octanol–water partition coefficient (Wildman–Crippen LogP) is 3.43. The van der Waals surface area contributed by atoms with Gasteiger partial charge in [0.15, 0.2) is 0 Å². The summed E-state index contributed by atoms with van der Waals surface area (Å²) in [5.74, 6) is -0.591. The fourth-order valence-electron chi connectivity index (χ4n) is 1.70. The van der Waals surface area contributed by atoms with Crippen molar-refractivity contribution < 1.29 is 14.0 Å². The fraction of sp³-hybridized carbons (Fsp3) is 0.0667. The van der Waals surface area contributed by atoms with Crippen LogP contribution in [0.2, 0.25) is 0 Å². The van der Waals surface area contributed by atoms with Gasteiger partial charge in [-0.05, 0) is 42.5 Å². The van der Waals surface area contributed by atoms with Gasteiger partial charge < -0.3 is 16.0 Å². The van der Waals surface area contributed by atoms with Crippen LogP contribution in [0.4, 0.5) is 26.2 Å². The molecule has 0 aliphatic carbocycles. The Bertz CT molecular complexity index is 656. The number of amides is 3. The zero-order valence-electron chi connectivity index (χ0n) is 11.3. The monoisotopic (exact) mass is 287 g/mol. The number of hydrogen-bond acceptors (Lipinski definition) is 2. The second kappa shape index (κ2) is 6.51. The van der Waals surface area contributed by atoms with Crippen molar-refractivity contribution in [2.75, 3.05) is 16.0 Å². The first-order chi connectivity index (χ1) is 10.0. The van der Waals surface area contributed by atoms with Crippen molar-refractivity contribution in [1.29, 1.82) is 0 Å². The molecule has 21 heavy (non-hydrogen) atoms. The zero-order valence-corrected chi connectivity index (χ0v) is 11.3. The first-order valence-corrected chi connectivity index (χ1v) is 6.24. The van der Waals surface area contributed by atoms with E-state index in [1.54, 1.807) is 30.3 Å². The number of hydrogen-bond donors (Lipinski definition) is 3. The Labute approximate surface area is 121 Å². The summed E-state index contributed by atoms with van der Waals surface area (Å²) in [6.45, 7) is 1.42. The summed E-state index contributed by atoms with van der Waals surface area (Å²) in [5, 5.41) is 7.75. The number of carbonyl (C=O) groups is 2. The van der Waals surface area contributed by atoms with E-state index in [0.29, 0.717) is 17.1 Å². The van der Waals surface area contributed by atoms with E-state index < -0.39 is 11.8 Å². The fourth-order valence-corrected chi connectivity index (χ4v) is 1.70. The largest absolute Gasteiger partial charge is 0.326 e. The van der Waals surface area contributed by atoms with Gasteiger partial charge in [0, 0.05) is 24.0 Å². The lowest BCUT2D eigenvalue weighted by molar-refractivity contribution is -0.114. The van der Waals surface area contributed by atoms with Crippen molar-refractivity contribution in [3.05, 3.63) is 54.3 Å². The minimum atomic E-state index is -0.479. The molecule has 0 aromatic heterocycles. The summed E-state index contributed by atoms with van der Waals surface area (Å²) in [6.07, 6.45) is 0. The molecule has 2 aromatic carbocycles. The summed E-state index contributed by atoms with van der Waals surface area (Å²) in [7, 11) is 0. The van der Waals surface area contributed by atoms with Crippen molar-refractivity contribution >= 4 is 29.0 Å². The molecule has 0 fully saturated rings. The van der Waals surface area contributed by atoms with Crippen LogP contribution in [0.3, 0.4) is 0 Å². The van der Waals surface area contributed by atoms with Crippen molar-refractivity contribution in [3.8, 4) is 0 Å². The summed E-state index contributed by atoms with van der Waals surface area (Å²) in [5.41, 5.74) is 1.55. The third-order valence-electron chi connectivity index (χ3n) is 2.55. The van der Waals surface area contributed by atoms with Crippen molar-refractivity contribution in [2.45, 2.75) is 6.92 Å². The van der Waals surface area contributed by atoms with Gasteiger partial charge in [-0.1, -0.05) is 6.07 Å². The molecule has 2 rings (SSSR count). The van der Waals surface area contributed by atoms with E-state index in [-0.39, 0.29) is 5.91 Å². The van der Waals surface area contributed by atoms with E-state index in [1.807, 2.05) is 0 Å². The van der Waals surface area contributed by atoms with Crippen LogP contribution < -0.4 is 16.0 Å². The zero-order chi connectivity index (χ0) is 15.2. The normalized spacial score (nSPS) is 9.81. The highest BCUT2D eigenvalue weighted by atomic mass is 19.1. The molecule has 6 heteroatoms. The van der Waals surface area contributed by atoms with Crippen LogP contribution in [0, 0.1) is 5.82 Å². The van der Waals surface area contributed by atoms with Gasteiger partial charge in [0.1, 0.15) is 5.82 Å². The SMILES string of the molecule is CC(=O)Nc1ccc(NC(=O)Nc2cccc(F)c2)cc1. The highest BCUT2D eigenvalue weighted by molar-refractivity contribution is 6.00. The van der Waals surface area contributed by atoms with Crippen LogP contribution in [0.5, 0.6) is 0 Å². The van der Waals surface area contributed by atoms with Gasteiger partial charge in [-0.3, -0.25) is 4.79 Å². The van der Waals surface area contributed by atoms with Gasteiger partial charge in [-0.2, -0.15) is 0 Å². The Hall–Kier alpha value is -2.89. The van der Waals surface area contributed by atoms with Crippen molar-refractivity contribution in [3.63, 3.8) is 0 Å². The molecule has 0 unspecified atom stereocenters. The molecule has 0 radical (unpaired) electrons. The van der Waals surface area contributed by atoms with E-state index >= 15 is 0 Å². The number of anilines is 3. The first-order valence-electron chi connectivity index (χ1n) is 6.24. The van der Waals surface area contributed by atoms with E-state index in [0.717, 1.165) is 0 Å². The lowest BCUT2D eigenvalue weighted by Crippen LogP contribution is -2.19. The molecular weight excluding hydrogens is 273 g/mol. The Morgan fingerprint density at radius 3 is 2.00 bits per heavy atom. The summed E-state index contributed by atoms with van der Waals surface area (Å²) < 4.78 is 13.0. The third kappa shape index (κ3) is 4.61. The van der Waals surface area contributed by atoms with Crippen molar-refractivity contribution in [1.82, 2.24) is 0 Å². The van der Waals surface area contributed by atoms with Gasteiger partial charge in [0.2, 0.25) is 5.91 Å². The van der Waals surface area contributed by atoms with Crippen LogP contribution in [0.1, 0.15) is 6.92 Å². The minimum Gasteiger partial charge on any atom is -0.326 e. The molecule has 0 bridgehead atoms. The molecule has 0 heterocycles. The lowest BCUT2D eigenvalue weighted by Gasteiger charge is -2.08. The number of urea groups is 1. The molecule has 0 aliphatic rings. The maximum atomic E-state index is 13.0. The molecule has 2 aromatic rings. The molecule has 0 atom stereocenters. The van der Waals surface area contributed by atoms with E-state index in [4.69, 9.17) is 0 Å². The van der Waals surface area contributed by atoms with Crippen LogP contribution in [-0.2, 0) is 4.79 Å². The number of rotatable bonds is 3. The lowest BCUT2D eigenvalue weighted by atomic mass is 10.3. The molecule has 3 amide bonds. The topological polar surface area (TPSA) is 70.2 Å². The summed E-state index contributed by atoms with van der Waals surface area (Å²) in [4.78, 5) is 22.6. The maximum absolute atomic E-state index is 13.0. The van der Waals surface area contributed by atoms with E-state index in [2.05, 4.69) is 16.0 Å². The third-order valence-corrected chi connectivity index (χ3v) is 2.55. The van der Waals surface area contributed by atoms with Gasteiger partial charge >= 0.3 is 6.03 Å². The van der Waals surface area contributed by atoms with E-state index in [1.165, 1.54) is 25.1 Å². The highest BCUT2D eigenvalue weighted by Gasteiger charge is 2.03. The second-order valence-electron chi connectivity index (χ2n) is 4.35. The average molecular weight is 287 g/mol. The standard InChI is InChI=1S/C15H14FN3O2/c1-10(20)17-12-5-7-13(8-6-12)18-15(21)19-14-4-2-3-11(16)9-14/h2-9H,1H3,(H,17,20)(H2,18,19,21). The molecule has 0 aliphatic heterocycles. The quantitative estimate of drug-likeness (QED) is 0.809. The van der Waals surface area contributed by atoms with Gasteiger partial charge in [-0.25, -0.2) is 9.18 Å². The predicted molar refractivity (Wildman–Crippen MR) is 79.8 cm³/mol. The molecule has 0 spiro atoms. The maximum Gasteiger partial charge on any atom is 0.323 e. The Morgan fingerprint density at radius 2 is 1.43 bits per heavy atom. The molecule has 0 saturated carbocycles. The van der Waals surface area contributed by atoms with E-state index in [9.17, 15) is 14.0 Å². The average Bonchev–Trinajstić information content (AvgIpc) is 2.40. The van der Waals surface area contributed by atoms with Crippen LogP contribution >= 0.6 is 0 Å². The second-order valence-corrected chi connectivity index (χ2v) is 4.35. The Morgan fingerprint density at radius 1 is 0.857 bits per heavy atom. The molecule has 0 saturated heterocycles. The molecule has 3 N–H and O–H groups in total. The van der Waals surface area contributed by atoms with Gasteiger partial charge in [0.25, 0.3) is 0 Å². The Balaban J connectivity index is 1.95. The van der Waals surface area contributed by atoms with Crippen molar-refractivity contribution in [2.24, 2.45) is 0 Å². The van der Waals surface area contributed by atoms with Gasteiger partial charge in [-0.15, -0.1) is 0 Å². The van der Waals surface area contributed by atoms with Crippen LogP contribution in [0.25, 0.3) is 0 Å². The highest BCUT2D eigenvalue weighted by Crippen LogP contribution is 2.14. The first kappa shape index (κ1) is 14.5. The number of nitrogens with one attached hydrogen (secondary N) is 3. The summed E-state index contributed by atoms with van der Waals surface area (Å²) in [6, 6.07) is 11.8. The smallest absolute Gasteiger partial charge is 0.323 e.